The topological polar surface area (TPSA) is 48.0 Å². The van der Waals surface area contributed by atoms with Crippen molar-refractivity contribution in [3.05, 3.63) is 46.4 Å². The SMILES string of the molecule is Clc1ccc2[nH]c3ccc(Cl)cc3c2c1.OC1CCCCNC1. The molecule has 1 saturated heterocycles. The zero-order valence-electron chi connectivity index (χ0n) is 12.8. The molecule has 0 amide bonds. The summed E-state index contributed by atoms with van der Waals surface area (Å²) in [6.07, 6.45) is 3.29. The van der Waals surface area contributed by atoms with Crippen molar-refractivity contribution in [1.82, 2.24) is 10.3 Å². The Hall–Kier alpha value is -1.26. The summed E-state index contributed by atoms with van der Waals surface area (Å²) in [5, 5.41) is 15.9. The summed E-state index contributed by atoms with van der Waals surface area (Å²) < 4.78 is 0. The van der Waals surface area contributed by atoms with Gasteiger partial charge in [0, 0.05) is 38.4 Å². The van der Waals surface area contributed by atoms with Gasteiger partial charge in [0.1, 0.15) is 0 Å². The van der Waals surface area contributed by atoms with E-state index in [2.05, 4.69) is 10.3 Å². The van der Waals surface area contributed by atoms with Gasteiger partial charge in [-0.2, -0.15) is 0 Å². The van der Waals surface area contributed by atoms with Crippen LogP contribution in [0.25, 0.3) is 21.8 Å². The van der Waals surface area contributed by atoms with Crippen molar-refractivity contribution in [1.29, 1.82) is 0 Å². The van der Waals surface area contributed by atoms with Crippen LogP contribution in [0.5, 0.6) is 0 Å². The Kier molecular flexibility index (Phi) is 5.44. The second-order valence-electron chi connectivity index (χ2n) is 5.86. The lowest BCUT2D eigenvalue weighted by molar-refractivity contribution is 0.168. The van der Waals surface area contributed by atoms with Crippen molar-refractivity contribution in [2.75, 3.05) is 13.1 Å². The Labute approximate surface area is 145 Å². The molecular weight excluding hydrogens is 331 g/mol. The van der Waals surface area contributed by atoms with Crippen molar-refractivity contribution in [3.63, 3.8) is 0 Å². The fourth-order valence-electron chi connectivity index (χ4n) is 2.84. The lowest BCUT2D eigenvalue weighted by Crippen LogP contribution is -2.23. The van der Waals surface area contributed by atoms with Crippen LogP contribution < -0.4 is 5.32 Å². The lowest BCUT2D eigenvalue weighted by Gasteiger charge is -2.03. The molecule has 2 heterocycles. The van der Waals surface area contributed by atoms with Crippen LogP contribution in [-0.2, 0) is 0 Å². The highest BCUT2D eigenvalue weighted by atomic mass is 35.5. The third-order valence-corrected chi connectivity index (χ3v) is 4.51. The molecule has 0 radical (unpaired) electrons. The molecular formula is C18H20Cl2N2O. The number of hydrogen-bond acceptors (Lipinski definition) is 2. The molecule has 0 aliphatic carbocycles. The fourth-order valence-corrected chi connectivity index (χ4v) is 3.19. The molecule has 5 heteroatoms. The molecule has 1 aliphatic heterocycles. The third kappa shape index (κ3) is 4.18. The minimum absolute atomic E-state index is 0.0856. The average molecular weight is 351 g/mol. The number of β-amino-alcohol motifs (C(OH)–C–C–N with tert-alkyl or cyclic N) is 1. The van der Waals surface area contributed by atoms with Crippen LogP contribution in [0.2, 0.25) is 10.0 Å². The Morgan fingerprint density at radius 1 is 0.913 bits per heavy atom. The van der Waals surface area contributed by atoms with Gasteiger partial charge in [-0.25, -0.2) is 0 Å². The van der Waals surface area contributed by atoms with Crippen LogP contribution in [-0.4, -0.2) is 29.3 Å². The van der Waals surface area contributed by atoms with Gasteiger partial charge < -0.3 is 15.4 Å². The van der Waals surface area contributed by atoms with Crippen molar-refractivity contribution < 1.29 is 5.11 Å². The summed E-state index contributed by atoms with van der Waals surface area (Å²) in [5.74, 6) is 0. The van der Waals surface area contributed by atoms with E-state index in [0.29, 0.717) is 0 Å². The van der Waals surface area contributed by atoms with Crippen LogP contribution in [0.1, 0.15) is 19.3 Å². The zero-order chi connectivity index (χ0) is 16.2. The van der Waals surface area contributed by atoms with Gasteiger partial charge in [0.25, 0.3) is 0 Å². The van der Waals surface area contributed by atoms with Gasteiger partial charge in [-0.15, -0.1) is 0 Å². The van der Waals surface area contributed by atoms with E-state index in [0.717, 1.165) is 51.4 Å². The number of aromatic amines is 1. The van der Waals surface area contributed by atoms with Gasteiger partial charge in [0.15, 0.2) is 0 Å². The van der Waals surface area contributed by atoms with Crippen molar-refractivity contribution in [2.45, 2.75) is 25.4 Å². The van der Waals surface area contributed by atoms with Crippen LogP contribution in [0, 0.1) is 0 Å². The first-order chi connectivity index (χ1) is 11.1. The number of H-pyrrole nitrogens is 1. The molecule has 0 spiro atoms. The Bertz CT molecular complexity index is 736. The highest BCUT2D eigenvalue weighted by molar-refractivity contribution is 6.33. The maximum absolute atomic E-state index is 9.03. The minimum atomic E-state index is -0.0856. The van der Waals surface area contributed by atoms with E-state index in [1.165, 1.54) is 12.8 Å². The highest BCUT2D eigenvalue weighted by Crippen LogP contribution is 2.29. The number of benzene rings is 2. The summed E-state index contributed by atoms with van der Waals surface area (Å²) >= 11 is 11.9. The number of halogens is 2. The number of aliphatic hydroxyl groups excluding tert-OH is 1. The third-order valence-electron chi connectivity index (χ3n) is 4.04. The standard InChI is InChI=1S/C12H7Cl2N.C6H13NO/c13-7-1-3-11-9(5-7)10-6-8(14)2-4-12(10)15-11;8-6-3-1-2-4-7-5-6/h1-6,15H;6-8H,1-5H2. The molecule has 3 aromatic rings. The normalized spacial score (nSPS) is 18.5. The maximum atomic E-state index is 9.03. The van der Waals surface area contributed by atoms with Crippen LogP contribution in [0.15, 0.2) is 36.4 Å². The molecule has 2 aromatic carbocycles. The second kappa shape index (κ2) is 7.54. The molecule has 1 unspecified atom stereocenters. The number of nitrogens with one attached hydrogen (secondary N) is 2. The number of aliphatic hydroxyl groups is 1. The smallest absolute Gasteiger partial charge is 0.0664 e. The van der Waals surface area contributed by atoms with Gasteiger partial charge >= 0.3 is 0 Å². The maximum Gasteiger partial charge on any atom is 0.0664 e. The molecule has 3 N–H and O–H groups in total. The first kappa shape index (κ1) is 16.6. The Balaban J connectivity index is 0.000000166. The summed E-state index contributed by atoms with van der Waals surface area (Å²) in [6.45, 7) is 1.87. The van der Waals surface area contributed by atoms with Gasteiger partial charge in [-0.05, 0) is 62.2 Å². The fraction of sp³-hybridized carbons (Fsp3) is 0.333. The van der Waals surface area contributed by atoms with E-state index < -0.39 is 0 Å². The Morgan fingerprint density at radius 2 is 1.52 bits per heavy atom. The zero-order valence-corrected chi connectivity index (χ0v) is 14.3. The minimum Gasteiger partial charge on any atom is -0.392 e. The van der Waals surface area contributed by atoms with Crippen LogP contribution >= 0.6 is 23.2 Å². The molecule has 122 valence electrons. The molecule has 3 nitrogen and oxygen atoms in total. The monoisotopic (exact) mass is 350 g/mol. The van der Waals surface area contributed by atoms with Gasteiger partial charge in [0.05, 0.1) is 6.10 Å². The number of rotatable bonds is 0. The molecule has 1 aromatic heterocycles. The molecule has 0 saturated carbocycles. The van der Waals surface area contributed by atoms with E-state index in [4.69, 9.17) is 28.3 Å². The average Bonchev–Trinajstić information content (AvgIpc) is 2.70. The summed E-state index contributed by atoms with van der Waals surface area (Å²) in [7, 11) is 0. The van der Waals surface area contributed by atoms with E-state index in [-0.39, 0.29) is 6.10 Å². The highest BCUT2D eigenvalue weighted by Gasteiger charge is 2.06. The van der Waals surface area contributed by atoms with E-state index in [1.807, 2.05) is 36.4 Å². The predicted molar refractivity (Wildman–Crippen MR) is 98.6 cm³/mol. The largest absolute Gasteiger partial charge is 0.392 e. The van der Waals surface area contributed by atoms with E-state index >= 15 is 0 Å². The molecule has 0 bridgehead atoms. The summed E-state index contributed by atoms with van der Waals surface area (Å²) in [6, 6.07) is 11.6. The molecule has 1 atom stereocenters. The first-order valence-electron chi connectivity index (χ1n) is 7.89. The molecule has 1 aliphatic rings. The van der Waals surface area contributed by atoms with Gasteiger partial charge in [-0.1, -0.05) is 23.2 Å². The van der Waals surface area contributed by atoms with Crippen molar-refractivity contribution in [3.8, 4) is 0 Å². The number of fused-ring (bicyclic) bond motifs is 3. The molecule has 23 heavy (non-hydrogen) atoms. The van der Waals surface area contributed by atoms with E-state index in [9.17, 15) is 0 Å². The quantitative estimate of drug-likeness (QED) is 0.547. The van der Waals surface area contributed by atoms with Gasteiger partial charge in [0.2, 0.25) is 0 Å². The lowest BCUT2D eigenvalue weighted by atomic mass is 10.1. The van der Waals surface area contributed by atoms with Crippen molar-refractivity contribution >= 4 is 45.0 Å². The van der Waals surface area contributed by atoms with E-state index in [1.54, 1.807) is 0 Å². The number of hydrogen-bond donors (Lipinski definition) is 3. The van der Waals surface area contributed by atoms with Crippen molar-refractivity contribution in [2.24, 2.45) is 0 Å². The predicted octanol–water partition coefficient (Wildman–Crippen LogP) is 4.75. The number of aromatic nitrogens is 1. The molecule has 1 fully saturated rings. The second-order valence-corrected chi connectivity index (χ2v) is 6.73. The van der Waals surface area contributed by atoms with Crippen LogP contribution in [0.4, 0.5) is 0 Å². The Morgan fingerprint density at radius 3 is 2.13 bits per heavy atom. The van der Waals surface area contributed by atoms with Gasteiger partial charge in [-0.3, -0.25) is 0 Å². The summed E-state index contributed by atoms with van der Waals surface area (Å²) in [4.78, 5) is 3.32. The summed E-state index contributed by atoms with van der Waals surface area (Å²) in [5.41, 5.74) is 2.16. The molecule has 4 rings (SSSR count). The first-order valence-corrected chi connectivity index (χ1v) is 8.64. The van der Waals surface area contributed by atoms with Crippen LogP contribution in [0.3, 0.4) is 0 Å².